The molecule has 0 bridgehead atoms. The van der Waals surface area contributed by atoms with Crippen molar-refractivity contribution in [2.45, 2.75) is 64.7 Å². The second kappa shape index (κ2) is 5.32. The number of aliphatic hydroxyl groups excluding tert-OH is 1. The average Bonchev–Trinajstić information content (AvgIpc) is 1.94. The first kappa shape index (κ1) is 15.7. The Balaban J connectivity index is 4.80. The van der Waals surface area contributed by atoms with Crippen molar-refractivity contribution in [3.8, 4) is 0 Å². The van der Waals surface area contributed by atoms with E-state index in [9.17, 15) is 5.11 Å². The molecule has 0 saturated carbocycles. The Bertz CT molecular complexity index is 191. The number of hydrogen-bond acceptors (Lipinski definition) is 2. The third kappa shape index (κ3) is 5.50. The highest BCUT2D eigenvalue weighted by molar-refractivity contribution is 14.1. The van der Waals surface area contributed by atoms with Crippen molar-refractivity contribution in [3.63, 3.8) is 0 Å². The first-order chi connectivity index (χ1) is 6.46. The van der Waals surface area contributed by atoms with E-state index in [2.05, 4.69) is 76.4 Å². The summed E-state index contributed by atoms with van der Waals surface area (Å²) in [6.45, 7) is 14.8. The van der Waals surface area contributed by atoms with E-state index in [0.29, 0.717) is 4.05 Å². The van der Waals surface area contributed by atoms with Gasteiger partial charge in [-0.1, -0.05) is 64.1 Å². The zero-order valence-electron chi connectivity index (χ0n) is 11.1. The second-order valence-corrected chi connectivity index (χ2v) is 8.31. The molecule has 0 amide bonds. The van der Waals surface area contributed by atoms with Crippen LogP contribution in [0.5, 0.6) is 0 Å². The molecule has 2 nitrogen and oxygen atoms in total. The van der Waals surface area contributed by atoms with Gasteiger partial charge in [0, 0.05) is 6.04 Å². The van der Waals surface area contributed by atoms with Crippen molar-refractivity contribution >= 4 is 22.6 Å². The topological polar surface area (TPSA) is 32.3 Å². The van der Waals surface area contributed by atoms with Crippen LogP contribution in [-0.4, -0.2) is 21.3 Å². The Morgan fingerprint density at radius 1 is 1.00 bits per heavy atom. The lowest BCUT2D eigenvalue weighted by atomic mass is 9.74. The molecule has 0 aromatic carbocycles. The molecule has 3 heteroatoms. The van der Waals surface area contributed by atoms with Crippen LogP contribution >= 0.6 is 22.6 Å². The molecule has 3 unspecified atom stereocenters. The fourth-order valence-corrected chi connectivity index (χ4v) is 1.95. The third-order valence-corrected chi connectivity index (χ3v) is 2.90. The lowest BCUT2D eigenvalue weighted by Crippen LogP contribution is -2.54. The van der Waals surface area contributed by atoms with Crippen LogP contribution in [0.3, 0.4) is 0 Å². The number of rotatable bonds is 3. The molecule has 0 fully saturated rings. The lowest BCUT2D eigenvalue weighted by molar-refractivity contribution is -0.00685. The summed E-state index contributed by atoms with van der Waals surface area (Å²) >= 11 is 2.34. The molecule has 92 valence electrons. The van der Waals surface area contributed by atoms with Crippen LogP contribution in [0.4, 0.5) is 0 Å². The summed E-state index contributed by atoms with van der Waals surface area (Å²) < 4.78 is 0.365. The van der Waals surface area contributed by atoms with E-state index in [1.807, 2.05) is 0 Å². The quantitative estimate of drug-likeness (QED) is 0.474. The van der Waals surface area contributed by atoms with E-state index in [1.165, 1.54) is 0 Å². The van der Waals surface area contributed by atoms with Crippen LogP contribution in [0, 0.1) is 10.8 Å². The number of hydrogen-bond donors (Lipinski definition) is 2. The summed E-state index contributed by atoms with van der Waals surface area (Å²) in [5.41, 5.74) is -0.0252. The largest absolute Gasteiger partial charge is 0.391 e. The summed E-state index contributed by atoms with van der Waals surface area (Å²) in [7, 11) is 0. The first-order valence-electron chi connectivity index (χ1n) is 5.54. The van der Waals surface area contributed by atoms with E-state index < -0.39 is 0 Å². The van der Waals surface area contributed by atoms with Gasteiger partial charge in [0.1, 0.15) is 0 Å². The predicted octanol–water partition coefficient (Wildman–Crippen LogP) is 3.18. The van der Waals surface area contributed by atoms with Crippen LogP contribution in [0.2, 0.25) is 0 Å². The summed E-state index contributed by atoms with van der Waals surface area (Å²) in [5, 5.41) is 13.8. The maximum absolute atomic E-state index is 10.4. The molecule has 2 N–H and O–H groups in total. The van der Waals surface area contributed by atoms with Gasteiger partial charge in [0.05, 0.1) is 10.2 Å². The molecule has 3 atom stereocenters. The monoisotopic (exact) mass is 327 g/mol. The maximum atomic E-state index is 10.4. The summed E-state index contributed by atoms with van der Waals surface area (Å²) in [6, 6.07) is 0.115. The molecule has 0 aromatic heterocycles. The van der Waals surface area contributed by atoms with Crippen molar-refractivity contribution in [2.24, 2.45) is 10.8 Å². The van der Waals surface area contributed by atoms with Gasteiger partial charge < -0.3 is 5.11 Å². The van der Waals surface area contributed by atoms with Crippen LogP contribution in [0.25, 0.3) is 0 Å². The SMILES string of the molecule is CC(I)NC(C(O)C(C)(C)C)C(C)(C)C. The summed E-state index contributed by atoms with van der Waals surface area (Å²) in [6.07, 6.45) is -0.338. The molecule has 0 heterocycles. The number of aliphatic hydroxyl groups is 1. The molecule has 0 saturated heterocycles. The molecule has 0 aliphatic rings. The minimum Gasteiger partial charge on any atom is -0.391 e. The van der Waals surface area contributed by atoms with Crippen LogP contribution in [0.1, 0.15) is 48.5 Å². The van der Waals surface area contributed by atoms with Crippen molar-refractivity contribution in [1.29, 1.82) is 0 Å². The van der Waals surface area contributed by atoms with E-state index in [0.717, 1.165) is 0 Å². The van der Waals surface area contributed by atoms with Gasteiger partial charge in [-0.05, 0) is 17.8 Å². The lowest BCUT2D eigenvalue weighted by Gasteiger charge is -2.41. The zero-order valence-corrected chi connectivity index (χ0v) is 13.2. The molecular formula is C12H26INO. The Labute approximate surface area is 108 Å². The third-order valence-electron chi connectivity index (χ3n) is 2.55. The van der Waals surface area contributed by atoms with Gasteiger partial charge in [-0.25, -0.2) is 0 Å². The number of alkyl halides is 1. The van der Waals surface area contributed by atoms with E-state index in [-0.39, 0.29) is 23.0 Å². The standard InChI is InChI=1S/C12H26INO/c1-8(13)14-9(11(2,3)4)10(15)12(5,6)7/h8-10,14-15H,1-7H3. The van der Waals surface area contributed by atoms with Gasteiger partial charge in [-0.3, -0.25) is 5.32 Å². The van der Waals surface area contributed by atoms with Gasteiger partial charge in [0.2, 0.25) is 0 Å². The van der Waals surface area contributed by atoms with Gasteiger partial charge in [0.15, 0.2) is 0 Å². The maximum Gasteiger partial charge on any atom is 0.0746 e. The predicted molar refractivity (Wildman–Crippen MR) is 75.3 cm³/mol. The zero-order chi connectivity index (χ0) is 12.4. The van der Waals surface area contributed by atoms with E-state index in [1.54, 1.807) is 0 Å². The number of nitrogens with one attached hydrogen (secondary N) is 1. The fourth-order valence-electron chi connectivity index (χ4n) is 1.56. The molecule has 0 aliphatic heterocycles. The Hall–Kier alpha value is 0.650. The van der Waals surface area contributed by atoms with Gasteiger partial charge >= 0.3 is 0 Å². The normalized spacial score (nSPS) is 19.8. The second-order valence-electron chi connectivity index (χ2n) is 6.44. The van der Waals surface area contributed by atoms with Gasteiger partial charge in [-0.15, -0.1) is 0 Å². The highest BCUT2D eigenvalue weighted by Gasteiger charge is 2.37. The Morgan fingerprint density at radius 3 is 1.60 bits per heavy atom. The Kier molecular flexibility index (Phi) is 5.55. The summed E-state index contributed by atoms with van der Waals surface area (Å²) in [5.74, 6) is 0. The Morgan fingerprint density at radius 2 is 1.40 bits per heavy atom. The molecule has 15 heavy (non-hydrogen) atoms. The van der Waals surface area contributed by atoms with Crippen LogP contribution in [-0.2, 0) is 0 Å². The van der Waals surface area contributed by atoms with Crippen molar-refractivity contribution < 1.29 is 5.11 Å². The number of halogens is 1. The van der Waals surface area contributed by atoms with E-state index >= 15 is 0 Å². The van der Waals surface area contributed by atoms with Crippen LogP contribution < -0.4 is 5.32 Å². The average molecular weight is 327 g/mol. The van der Waals surface area contributed by atoms with Crippen molar-refractivity contribution in [3.05, 3.63) is 0 Å². The highest BCUT2D eigenvalue weighted by Crippen LogP contribution is 2.31. The van der Waals surface area contributed by atoms with Crippen LogP contribution in [0.15, 0.2) is 0 Å². The van der Waals surface area contributed by atoms with Crippen molar-refractivity contribution in [2.75, 3.05) is 0 Å². The molecule has 0 rings (SSSR count). The molecular weight excluding hydrogens is 301 g/mol. The molecule has 0 radical (unpaired) electrons. The summed E-state index contributed by atoms with van der Waals surface area (Å²) in [4.78, 5) is 0. The molecule has 0 aromatic rings. The highest BCUT2D eigenvalue weighted by atomic mass is 127. The minimum absolute atomic E-state index is 0.0616. The smallest absolute Gasteiger partial charge is 0.0746 e. The molecule has 0 aliphatic carbocycles. The van der Waals surface area contributed by atoms with E-state index in [4.69, 9.17) is 0 Å². The van der Waals surface area contributed by atoms with Gasteiger partial charge in [0.25, 0.3) is 0 Å². The molecule has 0 spiro atoms. The minimum atomic E-state index is -0.338. The van der Waals surface area contributed by atoms with Crippen molar-refractivity contribution in [1.82, 2.24) is 5.32 Å². The first-order valence-corrected chi connectivity index (χ1v) is 6.79. The van der Waals surface area contributed by atoms with Gasteiger partial charge in [-0.2, -0.15) is 0 Å². The fraction of sp³-hybridized carbons (Fsp3) is 1.00.